The number of hydrogen-bond donors (Lipinski definition) is 0. The van der Waals surface area contributed by atoms with E-state index in [9.17, 15) is 9.59 Å². The lowest BCUT2D eigenvalue weighted by molar-refractivity contribution is -0.156. The van der Waals surface area contributed by atoms with Crippen LogP contribution in [0.5, 0.6) is 0 Å². The van der Waals surface area contributed by atoms with Gasteiger partial charge in [-0.1, -0.05) is 15.9 Å². The molecule has 1 fully saturated rings. The number of ether oxygens (including phenoxy) is 1. The smallest absolute Gasteiger partial charge is 0.311 e. The van der Waals surface area contributed by atoms with Crippen LogP contribution in [0.2, 0.25) is 0 Å². The highest BCUT2D eigenvalue weighted by Crippen LogP contribution is 2.50. The number of hydrogen-bond acceptors (Lipinski definition) is 3. The van der Waals surface area contributed by atoms with Gasteiger partial charge in [0.25, 0.3) is 0 Å². The van der Waals surface area contributed by atoms with Crippen LogP contribution in [0.1, 0.15) is 27.2 Å². The lowest BCUT2D eigenvalue weighted by Gasteiger charge is -2.19. The standard InChI is InChI=1S/C9H13BrO3/c1-8(2,3)13-7(12)6-4-9(6,10)5-11/h5-6H,4H2,1-3H3/t6-,9+/m1/s1. The fourth-order valence-corrected chi connectivity index (χ4v) is 1.55. The van der Waals surface area contributed by atoms with Crippen LogP contribution in [0.3, 0.4) is 0 Å². The molecule has 0 aliphatic heterocycles. The fraction of sp³-hybridized carbons (Fsp3) is 0.778. The van der Waals surface area contributed by atoms with Crippen LogP contribution in [0.15, 0.2) is 0 Å². The van der Waals surface area contributed by atoms with E-state index in [4.69, 9.17) is 4.74 Å². The normalized spacial score (nSPS) is 32.5. The molecule has 0 N–H and O–H groups in total. The van der Waals surface area contributed by atoms with Gasteiger partial charge in [-0.3, -0.25) is 4.79 Å². The Hall–Kier alpha value is -0.380. The van der Waals surface area contributed by atoms with E-state index in [0.29, 0.717) is 6.42 Å². The Labute approximate surface area is 86.0 Å². The van der Waals surface area contributed by atoms with Crippen molar-refractivity contribution in [2.24, 2.45) is 5.92 Å². The summed E-state index contributed by atoms with van der Waals surface area (Å²) in [6, 6.07) is 0. The molecule has 1 rings (SSSR count). The number of alkyl halides is 1. The maximum Gasteiger partial charge on any atom is 0.311 e. The molecule has 0 heterocycles. The summed E-state index contributed by atoms with van der Waals surface area (Å²) >= 11 is 3.19. The van der Waals surface area contributed by atoms with Crippen molar-refractivity contribution in [2.45, 2.75) is 37.1 Å². The van der Waals surface area contributed by atoms with E-state index in [1.165, 1.54) is 0 Å². The molecule has 0 aromatic heterocycles. The predicted molar refractivity (Wildman–Crippen MR) is 51.7 cm³/mol. The topological polar surface area (TPSA) is 43.4 Å². The van der Waals surface area contributed by atoms with Crippen LogP contribution in [0.4, 0.5) is 0 Å². The van der Waals surface area contributed by atoms with Gasteiger partial charge in [-0.25, -0.2) is 0 Å². The molecule has 0 radical (unpaired) electrons. The number of carbonyl (C=O) groups excluding carboxylic acids is 2. The molecule has 0 unspecified atom stereocenters. The summed E-state index contributed by atoms with van der Waals surface area (Å²) in [7, 11) is 0. The van der Waals surface area contributed by atoms with Crippen LogP contribution < -0.4 is 0 Å². The zero-order valence-corrected chi connectivity index (χ0v) is 9.55. The maximum atomic E-state index is 11.4. The van der Waals surface area contributed by atoms with E-state index >= 15 is 0 Å². The Morgan fingerprint density at radius 1 is 1.62 bits per heavy atom. The van der Waals surface area contributed by atoms with Crippen molar-refractivity contribution in [3.63, 3.8) is 0 Å². The van der Waals surface area contributed by atoms with E-state index in [2.05, 4.69) is 15.9 Å². The van der Waals surface area contributed by atoms with Crippen LogP contribution >= 0.6 is 15.9 Å². The largest absolute Gasteiger partial charge is 0.460 e. The van der Waals surface area contributed by atoms with Crippen LogP contribution in [0, 0.1) is 5.92 Å². The van der Waals surface area contributed by atoms with E-state index in [1.54, 1.807) is 0 Å². The number of rotatable bonds is 2. The van der Waals surface area contributed by atoms with Crippen molar-refractivity contribution in [3.05, 3.63) is 0 Å². The number of esters is 1. The third kappa shape index (κ3) is 2.53. The van der Waals surface area contributed by atoms with Crippen molar-refractivity contribution in [1.82, 2.24) is 0 Å². The van der Waals surface area contributed by atoms with Gasteiger partial charge in [0, 0.05) is 0 Å². The summed E-state index contributed by atoms with van der Waals surface area (Å²) in [5.41, 5.74) is -0.476. The second-order valence-corrected chi connectivity index (χ2v) is 5.81. The first-order valence-corrected chi connectivity index (χ1v) is 4.96. The zero-order chi connectivity index (χ0) is 10.3. The van der Waals surface area contributed by atoms with Gasteiger partial charge in [-0.05, 0) is 27.2 Å². The number of carbonyl (C=O) groups is 2. The third-order valence-electron chi connectivity index (χ3n) is 1.82. The zero-order valence-electron chi connectivity index (χ0n) is 7.96. The van der Waals surface area contributed by atoms with Crippen molar-refractivity contribution in [2.75, 3.05) is 0 Å². The summed E-state index contributed by atoms with van der Waals surface area (Å²) in [6.07, 6.45) is 1.31. The van der Waals surface area contributed by atoms with Crippen molar-refractivity contribution >= 4 is 28.2 Å². The van der Waals surface area contributed by atoms with Gasteiger partial charge in [0.15, 0.2) is 0 Å². The first kappa shape index (κ1) is 10.7. The van der Waals surface area contributed by atoms with Crippen LogP contribution in [0.25, 0.3) is 0 Å². The van der Waals surface area contributed by atoms with Gasteiger partial charge in [0.05, 0.1) is 10.2 Å². The lowest BCUT2D eigenvalue weighted by atomic mass is 10.2. The Kier molecular flexibility index (Phi) is 2.54. The lowest BCUT2D eigenvalue weighted by Crippen LogP contribution is -2.26. The molecular weight excluding hydrogens is 236 g/mol. The first-order chi connectivity index (χ1) is 5.78. The highest BCUT2D eigenvalue weighted by Gasteiger charge is 2.58. The average molecular weight is 249 g/mol. The van der Waals surface area contributed by atoms with E-state index < -0.39 is 9.93 Å². The molecule has 1 aliphatic carbocycles. The second-order valence-electron chi connectivity index (χ2n) is 4.33. The summed E-state index contributed by atoms with van der Waals surface area (Å²) in [5.74, 6) is -0.597. The molecule has 3 nitrogen and oxygen atoms in total. The Bertz CT molecular complexity index is 244. The third-order valence-corrected chi connectivity index (χ3v) is 2.89. The molecule has 2 atom stereocenters. The summed E-state index contributed by atoms with van der Waals surface area (Å²) < 4.78 is 4.49. The van der Waals surface area contributed by atoms with E-state index in [-0.39, 0.29) is 11.9 Å². The Morgan fingerprint density at radius 3 is 2.46 bits per heavy atom. The maximum absolute atomic E-state index is 11.4. The summed E-state index contributed by atoms with van der Waals surface area (Å²) in [6.45, 7) is 5.43. The predicted octanol–water partition coefficient (Wildman–Crippen LogP) is 1.68. The van der Waals surface area contributed by atoms with Crippen LogP contribution in [-0.4, -0.2) is 22.2 Å². The molecule has 1 saturated carbocycles. The first-order valence-electron chi connectivity index (χ1n) is 4.16. The molecule has 74 valence electrons. The molecular formula is C9H13BrO3. The molecule has 0 bridgehead atoms. The minimum atomic E-state index is -0.644. The van der Waals surface area contributed by atoms with Gasteiger partial charge in [-0.2, -0.15) is 0 Å². The molecule has 13 heavy (non-hydrogen) atoms. The second kappa shape index (κ2) is 3.08. The fourth-order valence-electron chi connectivity index (χ4n) is 1.04. The molecule has 0 saturated heterocycles. The Balaban J connectivity index is 2.49. The Morgan fingerprint density at radius 2 is 2.15 bits per heavy atom. The van der Waals surface area contributed by atoms with Gasteiger partial charge in [0.2, 0.25) is 0 Å². The minimum absolute atomic E-state index is 0.295. The molecule has 0 aromatic carbocycles. The molecule has 4 heteroatoms. The quantitative estimate of drug-likeness (QED) is 0.425. The minimum Gasteiger partial charge on any atom is -0.460 e. The van der Waals surface area contributed by atoms with Gasteiger partial charge >= 0.3 is 5.97 Å². The number of aldehydes is 1. The molecule has 0 aromatic rings. The van der Waals surface area contributed by atoms with Crippen LogP contribution in [-0.2, 0) is 14.3 Å². The van der Waals surface area contributed by atoms with E-state index in [0.717, 1.165) is 6.29 Å². The molecule has 0 spiro atoms. The van der Waals surface area contributed by atoms with E-state index in [1.807, 2.05) is 20.8 Å². The number of halogens is 1. The van der Waals surface area contributed by atoms with Gasteiger partial charge in [0.1, 0.15) is 11.9 Å². The summed E-state index contributed by atoms with van der Waals surface area (Å²) in [5, 5.41) is 0. The van der Waals surface area contributed by atoms with Crippen molar-refractivity contribution in [3.8, 4) is 0 Å². The monoisotopic (exact) mass is 248 g/mol. The van der Waals surface area contributed by atoms with Gasteiger partial charge in [-0.15, -0.1) is 0 Å². The SMILES string of the molecule is CC(C)(C)OC(=O)[C@H]1C[C@]1(Br)C=O. The molecule has 1 aliphatic rings. The van der Waals surface area contributed by atoms with Gasteiger partial charge < -0.3 is 9.53 Å². The highest BCUT2D eigenvalue weighted by molar-refractivity contribution is 9.10. The summed E-state index contributed by atoms with van der Waals surface area (Å²) in [4.78, 5) is 21.9. The van der Waals surface area contributed by atoms with Crippen molar-refractivity contribution < 1.29 is 14.3 Å². The average Bonchev–Trinajstić information content (AvgIpc) is 2.60. The van der Waals surface area contributed by atoms with Crippen molar-refractivity contribution in [1.29, 1.82) is 0 Å². The molecule has 0 amide bonds. The highest BCUT2D eigenvalue weighted by atomic mass is 79.9.